The van der Waals surface area contributed by atoms with E-state index in [1.165, 1.54) is 23.4 Å². The summed E-state index contributed by atoms with van der Waals surface area (Å²) in [6, 6.07) is 15.0. The summed E-state index contributed by atoms with van der Waals surface area (Å²) in [4.78, 5) is 17.7. The number of aromatic nitrogens is 1. The molecule has 4 rings (SSSR count). The summed E-state index contributed by atoms with van der Waals surface area (Å²) < 4.78 is 13.3. The molecule has 0 bridgehead atoms. The Bertz CT molecular complexity index is 934. The lowest BCUT2D eigenvalue weighted by atomic mass is 10.1. The quantitative estimate of drug-likeness (QED) is 0.766. The molecular weight excluding hydrogens is 317 g/mol. The molecule has 1 aliphatic rings. The van der Waals surface area contributed by atoms with Crippen LogP contribution in [-0.2, 0) is 6.42 Å². The smallest absolute Gasteiger partial charge is 0.267 e. The van der Waals surface area contributed by atoms with E-state index in [4.69, 9.17) is 0 Å². The van der Waals surface area contributed by atoms with Crippen molar-refractivity contribution in [3.8, 4) is 0 Å². The van der Waals surface area contributed by atoms with Gasteiger partial charge in [0, 0.05) is 35.7 Å². The first-order chi connectivity index (χ1) is 12.1. The Labute approximate surface area is 145 Å². The fourth-order valence-corrected chi connectivity index (χ4v) is 3.58. The highest BCUT2D eigenvalue weighted by molar-refractivity contribution is 5.98. The number of para-hydroxylation sites is 1. The zero-order valence-corrected chi connectivity index (χ0v) is 14.1. The summed E-state index contributed by atoms with van der Waals surface area (Å²) in [7, 11) is 0. The van der Waals surface area contributed by atoms with Crippen LogP contribution in [-0.4, -0.2) is 30.0 Å². The van der Waals surface area contributed by atoms with Crippen LogP contribution in [0.4, 0.5) is 10.1 Å². The van der Waals surface area contributed by atoms with E-state index in [9.17, 15) is 9.18 Å². The minimum Gasteiger partial charge on any atom is -0.367 e. The predicted molar refractivity (Wildman–Crippen MR) is 97.5 cm³/mol. The third-order valence-electron chi connectivity index (χ3n) is 4.81. The highest BCUT2D eigenvalue weighted by Gasteiger charge is 2.24. The summed E-state index contributed by atoms with van der Waals surface area (Å²) in [6.45, 7) is 3.52. The molecule has 0 fully saturated rings. The van der Waals surface area contributed by atoms with Gasteiger partial charge in [-0.3, -0.25) is 4.79 Å². The first-order valence-electron chi connectivity index (χ1n) is 8.53. The number of carbonyl (C=O) groups is 1. The van der Waals surface area contributed by atoms with E-state index in [1.807, 2.05) is 6.07 Å². The molecule has 0 saturated heterocycles. The second-order valence-electron chi connectivity index (χ2n) is 6.55. The Morgan fingerprint density at radius 2 is 2.12 bits per heavy atom. The van der Waals surface area contributed by atoms with Crippen molar-refractivity contribution in [1.29, 1.82) is 0 Å². The number of halogens is 1. The number of carbonyl (C=O) groups excluding carboxylic acids is 1. The minimum atomic E-state index is -0.305. The molecule has 1 aromatic heterocycles. The maximum absolute atomic E-state index is 13.3. The number of benzene rings is 2. The van der Waals surface area contributed by atoms with Gasteiger partial charge in [0.15, 0.2) is 0 Å². The number of nitrogens with one attached hydrogen (secondary N) is 2. The SMILES string of the molecule is C[C@@H]1Cc2ccccc2N1CCNC(=O)c1cc2cc(F)ccc2[nH]1. The fourth-order valence-electron chi connectivity index (χ4n) is 3.58. The molecule has 0 aliphatic carbocycles. The largest absolute Gasteiger partial charge is 0.367 e. The Morgan fingerprint density at radius 3 is 3.00 bits per heavy atom. The van der Waals surface area contributed by atoms with Gasteiger partial charge in [-0.25, -0.2) is 4.39 Å². The number of rotatable bonds is 4. The summed E-state index contributed by atoms with van der Waals surface area (Å²) in [5, 5.41) is 3.65. The molecule has 1 atom stereocenters. The van der Waals surface area contributed by atoms with Crippen LogP contribution in [0.25, 0.3) is 10.9 Å². The van der Waals surface area contributed by atoms with Gasteiger partial charge in [-0.1, -0.05) is 18.2 Å². The number of aromatic amines is 1. The van der Waals surface area contributed by atoms with Crippen molar-refractivity contribution in [2.75, 3.05) is 18.0 Å². The maximum Gasteiger partial charge on any atom is 0.267 e. The van der Waals surface area contributed by atoms with Crippen LogP contribution >= 0.6 is 0 Å². The monoisotopic (exact) mass is 337 g/mol. The second-order valence-corrected chi connectivity index (χ2v) is 6.55. The minimum absolute atomic E-state index is 0.170. The zero-order valence-electron chi connectivity index (χ0n) is 14.1. The molecule has 4 nitrogen and oxygen atoms in total. The number of amides is 1. The third-order valence-corrected chi connectivity index (χ3v) is 4.81. The van der Waals surface area contributed by atoms with E-state index in [0.29, 0.717) is 23.7 Å². The Morgan fingerprint density at radius 1 is 1.28 bits per heavy atom. The molecular formula is C20H20FN3O. The highest BCUT2D eigenvalue weighted by Crippen LogP contribution is 2.31. The summed E-state index contributed by atoms with van der Waals surface area (Å²) >= 11 is 0. The molecule has 0 unspecified atom stereocenters. The third kappa shape index (κ3) is 2.97. The van der Waals surface area contributed by atoms with Crippen LogP contribution in [0.5, 0.6) is 0 Å². The molecule has 128 valence electrons. The van der Waals surface area contributed by atoms with E-state index in [0.717, 1.165) is 18.5 Å². The molecule has 2 aromatic carbocycles. The molecule has 1 amide bonds. The molecule has 0 saturated carbocycles. The van der Waals surface area contributed by atoms with Crippen molar-refractivity contribution in [2.24, 2.45) is 0 Å². The predicted octanol–water partition coefficient (Wildman–Crippen LogP) is 3.49. The Hall–Kier alpha value is -2.82. The van der Waals surface area contributed by atoms with Gasteiger partial charge in [0.05, 0.1) is 0 Å². The molecule has 0 radical (unpaired) electrons. The highest BCUT2D eigenvalue weighted by atomic mass is 19.1. The van der Waals surface area contributed by atoms with Crippen LogP contribution in [0, 0.1) is 5.82 Å². The van der Waals surface area contributed by atoms with Gasteiger partial charge in [-0.2, -0.15) is 0 Å². The molecule has 5 heteroatoms. The van der Waals surface area contributed by atoms with Crippen LogP contribution < -0.4 is 10.2 Å². The van der Waals surface area contributed by atoms with Gasteiger partial charge in [0.25, 0.3) is 5.91 Å². The van der Waals surface area contributed by atoms with Crippen molar-refractivity contribution in [2.45, 2.75) is 19.4 Å². The lowest BCUT2D eigenvalue weighted by Gasteiger charge is -2.24. The zero-order chi connectivity index (χ0) is 17.4. The number of H-pyrrole nitrogens is 1. The van der Waals surface area contributed by atoms with Crippen molar-refractivity contribution in [3.63, 3.8) is 0 Å². The molecule has 0 spiro atoms. The normalized spacial score (nSPS) is 16.2. The lowest BCUT2D eigenvalue weighted by molar-refractivity contribution is 0.0950. The average Bonchev–Trinajstić information content (AvgIpc) is 3.15. The van der Waals surface area contributed by atoms with Gasteiger partial charge in [-0.05, 0) is 49.2 Å². The van der Waals surface area contributed by atoms with E-state index in [2.05, 4.69) is 40.3 Å². The summed E-state index contributed by atoms with van der Waals surface area (Å²) in [6.07, 6.45) is 1.04. The number of fused-ring (bicyclic) bond motifs is 2. The van der Waals surface area contributed by atoms with Gasteiger partial charge in [0.1, 0.15) is 11.5 Å². The lowest BCUT2D eigenvalue weighted by Crippen LogP contribution is -2.37. The number of anilines is 1. The van der Waals surface area contributed by atoms with Crippen molar-refractivity contribution < 1.29 is 9.18 Å². The van der Waals surface area contributed by atoms with Gasteiger partial charge in [-0.15, -0.1) is 0 Å². The fraction of sp³-hybridized carbons (Fsp3) is 0.250. The molecule has 2 N–H and O–H groups in total. The van der Waals surface area contributed by atoms with Gasteiger partial charge < -0.3 is 15.2 Å². The van der Waals surface area contributed by atoms with E-state index < -0.39 is 0 Å². The van der Waals surface area contributed by atoms with Crippen LogP contribution in [0.15, 0.2) is 48.5 Å². The van der Waals surface area contributed by atoms with Crippen LogP contribution in [0.2, 0.25) is 0 Å². The molecule has 3 aromatic rings. The Balaban J connectivity index is 1.40. The topological polar surface area (TPSA) is 48.1 Å². The Kier molecular flexibility index (Phi) is 3.92. The van der Waals surface area contributed by atoms with Crippen LogP contribution in [0.3, 0.4) is 0 Å². The number of nitrogens with zero attached hydrogens (tertiary/aromatic N) is 1. The summed E-state index contributed by atoms with van der Waals surface area (Å²) in [5.74, 6) is -0.475. The standard InChI is InChI=1S/C20H20FN3O/c1-13-10-14-4-2-3-5-19(14)24(13)9-8-22-20(25)18-12-15-11-16(21)6-7-17(15)23-18/h2-7,11-13,23H,8-10H2,1H3,(H,22,25)/t13-/m1/s1. The number of hydrogen-bond donors (Lipinski definition) is 2. The first-order valence-corrected chi connectivity index (χ1v) is 8.53. The van der Waals surface area contributed by atoms with Gasteiger partial charge in [0.2, 0.25) is 0 Å². The average molecular weight is 337 g/mol. The van der Waals surface area contributed by atoms with Crippen molar-refractivity contribution in [1.82, 2.24) is 10.3 Å². The van der Waals surface area contributed by atoms with Gasteiger partial charge >= 0.3 is 0 Å². The first kappa shape index (κ1) is 15.7. The van der Waals surface area contributed by atoms with Crippen molar-refractivity contribution >= 4 is 22.5 Å². The van der Waals surface area contributed by atoms with Crippen molar-refractivity contribution in [3.05, 3.63) is 65.6 Å². The summed E-state index contributed by atoms with van der Waals surface area (Å²) in [5.41, 5.74) is 3.83. The van der Waals surface area contributed by atoms with E-state index in [1.54, 1.807) is 12.1 Å². The molecule has 1 aliphatic heterocycles. The molecule has 25 heavy (non-hydrogen) atoms. The van der Waals surface area contributed by atoms with E-state index >= 15 is 0 Å². The number of hydrogen-bond acceptors (Lipinski definition) is 2. The van der Waals surface area contributed by atoms with Crippen LogP contribution in [0.1, 0.15) is 23.0 Å². The second kappa shape index (κ2) is 6.24. The van der Waals surface area contributed by atoms with E-state index in [-0.39, 0.29) is 11.7 Å². The maximum atomic E-state index is 13.3. The molecule has 2 heterocycles.